The molecule has 0 amide bonds. The third-order valence-electron chi connectivity index (χ3n) is 3.90. The Kier molecular flexibility index (Phi) is 3.85. The lowest BCUT2D eigenvalue weighted by atomic mass is 10.0. The summed E-state index contributed by atoms with van der Waals surface area (Å²) in [7, 11) is 0. The van der Waals surface area contributed by atoms with Gasteiger partial charge in [0.2, 0.25) is 0 Å². The molecule has 0 radical (unpaired) electrons. The average Bonchev–Trinajstić information content (AvgIpc) is 3.13. The predicted octanol–water partition coefficient (Wildman–Crippen LogP) is 2.81. The van der Waals surface area contributed by atoms with Gasteiger partial charge in [-0.3, -0.25) is 0 Å². The van der Waals surface area contributed by atoms with Crippen molar-refractivity contribution in [3.8, 4) is 0 Å². The van der Waals surface area contributed by atoms with Crippen molar-refractivity contribution in [3.05, 3.63) is 35.4 Å². The molecule has 1 aromatic carbocycles. The minimum atomic E-state index is 0.193. The predicted molar refractivity (Wildman–Crippen MR) is 71.0 cm³/mol. The number of benzene rings is 1. The number of rotatable bonds is 6. The highest BCUT2D eigenvalue weighted by molar-refractivity contribution is 5.24. The van der Waals surface area contributed by atoms with Crippen LogP contribution in [-0.2, 0) is 0 Å². The van der Waals surface area contributed by atoms with Gasteiger partial charge in [0, 0.05) is 24.6 Å². The summed E-state index contributed by atoms with van der Waals surface area (Å²) in [5.74, 6) is 0. The van der Waals surface area contributed by atoms with E-state index in [1.807, 2.05) is 0 Å². The topological polar surface area (TPSA) is 32.3 Å². The van der Waals surface area contributed by atoms with E-state index in [9.17, 15) is 5.11 Å². The summed E-state index contributed by atoms with van der Waals surface area (Å²) >= 11 is 0. The van der Waals surface area contributed by atoms with Crippen LogP contribution in [0.4, 0.5) is 0 Å². The summed E-state index contributed by atoms with van der Waals surface area (Å²) in [5.41, 5.74) is 2.85. The maximum atomic E-state index is 9.31. The van der Waals surface area contributed by atoms with E-state index >= 15 is 0 Å². The molecule has 1 fully saturated rings. The fourth-order valence-corrected chi connectivity index (χ4v) is 2.20. The van der Waals surface area contributed by atoms with Gasteiger partial charge in [0.25, 0.3) is 0 Å². The van der Waals surface area contributed by atoms with Crippen molar-refractivity contribution in [1.82, 2.24) is 5.32 Å². The van der Waals surface area contributed by atoms with Crippen LogP contribution in [0.25, 0.3) is 0 Å². The van der Waals surface area contributed by atoms with E-state index in [2.05, 4.69) is 43.4 Å². The molecule has 1 saturated carbocycles. The summed E-state index contributed by atoms with van der Waals surface area (Å²) in [6.45, 7) is 5.58. The molecule has 2 nitrogen and oxygen atoms in total. The van der Waals surface area contributed by atoms with Crippen molar-refractivity contribution in [2.24, 2.45) is 5.41 Å². The molecule has 0 aromatic heterocycles. The first kappa shape index (κ1) is 12.6. The average molecular weight is 233 g/mol. The van der Waals surface area contributed by atoms with Crippen molar-refractivity contribution in [2.45, 2.75) is 39.2 Å². The van der Waals surface area contributed by atoms with Gasteiger partial charge in [0.05, 0.1) is 0 Å². The maximum absolute atomic E-state index is 9.31. The molecule has 2 rings (SSSR count). The zero-order chi connectivity index (χ0) is 12.3. The first-order chi connectivity index (χ1) is 8.19. The van der Waals surface area contributed by atoms with Gasteiger partial charge >= 0.3 is 0 Å². The summed E-state index contributed by atoms with van der Waals surface area (Å²) in [6, 6.07) is 9.15. The number of hydrogen-bond acceptors (Lipinski definition) is 2. The van der Waals surface area contributed by atoms with Crippen molar-refractivity contribution in [3.63, 3.8) is 0 Å². The third-order valence-corrected chi connectivity index (χ3v) is 3.90. The lowest BCUT2D eigenvalue weighted by molar-refractivity contribution is 0.203. The molecule has 0 spiro atoms. The van der Waals surface area contributed by atoms with Gasteiger partial charge in [-0.2, -0.15) is 0 Å². The molecule has 17 heavy (non-hydrogen) atoms. The Morgan fingerprint density at radius 1 is 1.29 bits per heavy atom. The fourth-order valence-electron chi connectivity index (χ4n) is 2.20. The van der Waals surface area contributed by atoms with E-state index in [0.29, 0.717) is 12.6 Å². The van der Waals surface area contributed by atoms with E-state index in [0.717, 1.165) is 13.0 Å². The van der Waals surface area contributed by atoms with E-state index in [4.69, 9.17) is 0 Å². The molecule has 94 valence electrons. The van der Waals surface area contributed by atoms with Gasteiger partial charge in [-0.1, -0.05) is 36.8 Å². The third kappa shape index (κ3) is 3.08. The lowest BCUT2D eigenvalue weighted by Crippen LogP contribution is -2.29. The first-order valence-corrected chi connectivity index (χ1v) is 6.60. The molecular weight excluding hydrogens is 210 g/mol. The Balaban J connectivity index is 1.94. The Morgan fingerprint density at radius 2 is 1.94 bits per heavy atom. The van der Waals surface area contributed by atoms with Gasteiger partial charge in [-0.05, 0) is 31.7 Å². The fraction of sp³-hybridized carbons (Fsp3) is 0.600. The monoisotopic (exact) mass is 233 g/mol. The van der Waals surface area contributed by atoms with Gasteiger partial charge in [-0.25, -0.2) is 0 Å². The summed E-state index contributed by atoms with van der Waals surface area (Å²) < 4.78 is 0. The van der Waals surface area contributed by atoms with Crippen LogP contribution in [0.5, 0.6) is 0 Å². The van der Waals surface area contributed by atoms with E-state index in [1.165, 1.54) is 24.0 Å². The lowest BCUT2D eigenvalue weighted by Gasteiger charge is -2.21. The molecule has 0 bridgehead atoms. The van der Waals surface area contributed by atoms with Crippen molar-refractivity contribution in [2.75, 3.05) is 13.2 Å². The smallest absolute Gasteiger partial charge is 0.0499 e. The summed E-state index contributed by atoms with van der Waals surface area (Å²) in [4.78, 5) is 0. The molecule has 1 aliphatic rings. The quantitative estimate of drug-likeness (QED) is 0.792. The number of nitrogens with one attached hydrogen (secondary N) is 1. The number of hydrogen-bond donors (Lipinski definition) is 2. The van der Waals surface area contributed by atoms with Gasteiger partial charge in [-0.15, -0.1) is 0 Å². The van der Waals surface area contributed by atoms with Crippen molar-refractivity contribution < 1.29 is 5.11 Å². The Morgan fingerprint density at radius 3 is 2.41 bits per heavy atom. The van der Waals surface area contributed by atoms with Gasteiger partial charge in [0.15, 0.2) is 0 Å². The molecule has 0 heterocycles. The molecule has 0 saturated heterocycles. The van der Waals surface area contributed by atoms with Crippen LogP contribution < -0.4 is 5.32 Å². The second kappa shape index (κ2) is 5.19. The number of aryl methyl sites for hydroxylation is 1. The van der Waals surface area contributed by atoms with Crippen LogP contribution in [0.1, 0.15) is 43.4 Å². The van der Waals surface area contributed by atoms with Crippen LogP contribution in [0.3, 0.4) is 0 Å². The Bertz CT molecular complexity index is 354. The van der Waals surface area contributed by atoms with E-state index in [-0.39, 0.29) is 5.41 Å². The minimum absolute atomic E-state index is 0.193. The molecular formula is C15H23NO. The number of aliphatic hydroxyl groups is 1. The second-order valence-electron chi connectivity index (χ2n) is 5.41. The van der Waals surface area contributed by atoms with Crippen LogP contribution in [0.15, 0.2) is 24.3 Å². The largest absolute Gasteiger partial charge is 0.396 e. The molecule has 1 aliphatic carbocycles. The SMILES string of the molecule is CCC(NCC1(CO)CC1)c1ccc(C)cc1. The Labute approximate surface area is 104 Å². The van der Waals surface area contributed by atoms with Crippen LogP contribution in [0.2, 0.25) is 0 Å². The van der Waals surface area contributed by atoms with Gasteiger partial charge in [0.1, 0.15) is 0 Å². The zero-order valence-corrected chi connectivity index (χ0v) is 10.9. The normalized spacial score (nSPS) is 19.0. The first-order valence-electron chi connectivity index (χ1n) is 6.60. The summed E-state index contributed by atoms with van der Waals surface area (Å²) in [5, 5.41) is 12.9. The highest BCUT2D eigenvalue weighted by atomic mass is 16.3. The van der Waals surface area contributed by atoms with Gasteiger partial charge < -0.3 is 10.4 Å². The highest BCUT2D eigenvalue weighted by Crippen LogP contribution is 2.44. The zero-order valence-electron chi connectivity index (χ0n) is 10.9. The molecule has 1 atom stereocenters. The molecule has 1 unspecified atom stereocenters. The number of aliphatic hydroxyl groups excluding tert-OH is 1. The highest BCUT2D eigenvalue weighted by Gasteiger charge is 2.41. The summed E-state index contributed by atoms with van der Waals surface area (Å²) in [6.07, 6.45) is 3.42. The molecule has 1 aromatic rings. The van der Waals surface area contributed by atoms with Crippen LogP contribution in [0, 0.1) is 12.3 Å². The van der Waals surface area contributed by atoms with Crippen LogP contribution >= 0.6 is 0 Å². The van der Waals surface area contributed by atoms with Crippen LogP contribution in [-0.4, -0.2) is 18.3 Å². The van der Waals surface area contributed by atoms with E-state index < -0.39 is 0 Å². The second-order valence-corrected chi connectivity index (χ2v) is 5.41. The van der Waals surface area contributed by atoms with Crippen molar-refractivity contribution >= 4 is 0 Å². The van der Waals surface area contributed by atoms with Crippen molar-refractivity contribution in [1.29, 1.82) is 0 Å². The molecule has 2 N–H and O–H groups in total. The standard InChI is InChI=1S/C15H23NO/c1-3-14(13-6-4-12(2)5-7-13)16-10-15(11-17)8-9-15/h4-7,14,16-17H,3,8-11H2,1-2H3. The Hall–Kier alpha value is -0.860. The minimum Gasteiger partial charge on any atom is -0.396 e. The maximum Gasteiger partial charge on any atom is 0.0499 e. The molecule has 2 heteroatoms. The van der Waals surface area contributed by atoms with E-state index in [1.54, 1.807) is 0 Å². The molecule has 0 aliphatic heterocycles.